The van der Waals surface area contributed by atoms with Gasteiger partial charge in [0.15, 0.2) is 11.5 Å². The molecule has 2 atom stereocenters. The summed E-state index contributed by atoms with van der Waals surface area (Å²) in [5.74, 6) is 0.356. The average molecular weight is 325 g/mol. The molecular formula is C17H19N5O2. The summed E-state index contributed by atoms with van der Waals surface area (Å²) in [5, 5.41) is 9.96. The maximum absolute atomic E-state index is 9.96. The number of aliphatic hydroxyl groups excluding tert-OH is 1. The smallest absolute Gasteiger partial charge is 0.167 e. The normalized spacial score (nSPS) is 23.8. The van der Waals surface area contributed by atoms with Gasteiger partial charge in [0, 0.05) is 6.42 Å². The van der Waals surface area contributed by atoms with Gasteiger partial charge in [-0.25, -0.2) is 15.0 Å². The second kappa shape index (κ2) is 5.85. The molecule has 1 saturated heterocycles. The molecule has 1 aliphatic rings. The number of hydrogen-bond donors (Lipinski definition) is 2. The fourth-order valence-corrected chi connectivity index (χ4v) is 3.34. The van der Waals surface area contributed by atoms with Gasteiger partial charge < -0.3 is 15.6 Å². The zero-order valence-electron chi connectivity index (χ0n) is 13.2. The molecule has 3 aromatic rings. The predicted molar refractivity (Wildman–Crippen MR) is 89.1 cm³/mol. The Balaban J connectivity index is 1.61. The third-order valence-corrected chi connectivity index (χ3v) is 4.59. The van der Waals surface area contributed by atoms with Gasteiger partial charge in [-0.1, -0.05) is 30.3 Å². The first kappa shape index (κ1) is 15.0. The molecule has 1 fully saturated rings. The molecule has 0 unspecified atom stereocenters. The van der Waals surface area contributed by atoms with Crippen LogP contribution in [0.2, 0.25) is 0 Å². The van der Waals surface area contributed by atoms with E-state index in [0.717, 1.165) is 18.4 Å². The lowest BCUT2D eigenvalue weighted by Gasteiger charge is -2.27. The molecule has 7 nitrogen and oxygen atoms in total. The summed E-state index contributed by atoms with van der Waals surface area (Å²) in [7, 11) is 0. The fraction of sp³-hybridized carbons (Fsp3) is 0.353. The van der Waals surface area contributed by atoms with Crippen LogP contribution in [0.1, 0.15) is 24.6 Å². The van der Waals surface area contributed by atoms with Crippen LogP contribution >= 0.6 is 0 Å². The van der Waals surface area contributed by atoms with Crippen molar-refractivity contribution in [1.29, 1.82) is 0 Å². The van der Waals surface area contributed by atoms with Gasteiger partial charge in [-0.05, 0) is 18.4 Å². The first-order valence-electron chi connectivity index (χ1n) is 7.96. The fourth-order valence-electron chi connectivity index (χ4n) is 3.34. The number of aliphatic hydroxyl groups is 1. The molecule has 1 aliphatic heterocycles. The van der Waals surface area contributed by atoms with Gasteiger partial charge >= 0.3 is 0 Å². The highest BCUT2D eigenvalue weighted by Crippen LogP contribution is 2.39. The van der Waals surface area contributed by atoms with Crippen molar-refractivity contribution in [2.45, 2.75) is 31.1 Å². The van der Waals surface area contributed by atoms with Crippen LogP contribution in [-0.2, 0) is 11.2 Å². The molecule has 24 heavy (non-hydrogen) atoms. The number of aromatic nitrogens is 4. The Kier molecular flexibility index (Phi) is 3.66. The van der Waals surface area contributed by atoms with Crippen LogP contribution in [0.15, 0.2) is 43.0 Å². The molecule has 0 spiro atoms. The number of nitrogen functional groups attached to an aromatic ring is 1. The molecule has 2 aromatic heterocycles. The van der Waals surface area contributed by atoms with E-state index in [9.17, 15) is 5.11 Å². The van der Waals surface area contributed by atoms with Crippen molar-refractivity contribution in [3.63, 3.8) is 0 Å². The number of hydrogen-bond acceptors (Lipinski definition) is 6. The van der Waals surface area contributed by atoms with Gasteiger partial charge in [0.2, 0.25) is 0 Å². The minimum absolute atomic E-state index is 0.0256. The van der Waals surface area contributed by atoms with E-state index in [4.69, 9.17) is 10.5 Å². The van der Waals surface area contributed by atoms with Crippen molar-refractivity contribution < 1.29 is 9.84 Å². The number of benzene rings is 1. The number of nitrogens with zero attached hydrogens (tertiary/aromatic N) is 4. The first-order valence-corrected chi connectivity index (χ1v) is 7.96. The second-order valence-electron chi connectivity index (χ2n) is 6.20. The molecule has 0 radical (unpaired) electrons. The molecule has 124 valence electrons. The topological polar surface area (TPSA) is 99.1 Å². The lowest BCUT2D eigenvalue weighted by atomic mass is 9.92. The maximum atomic E-state index is 9.96. The largest absolute Gasteiger partial charge is 0.393 e. The van der Waals surface area contributed by atoms with Gasteiger partial charge in [-0.3, -0.25) is 4.57 Å². The van der Waals surface area contributed by atoms with E-state index in [0.29, 0.717) is 23.4 Å². The number of imidazole rings is 1. The van der Waals surface area contributed by atoms with E-state index in [1.165, 1.54) is 6.33 Å². The SMILES string of the molecule is Nc1ncnc2c1ncn2[C@@H]1CC[C@](CO)(Cc2ccccc2)O1. The summed E-state index contributed by atoms with van der Waals surface area (Å²) >= 11 is 0. The predicted octanol–water partition coefficient (Wildman–Crippen LogP) is 1.69. The van der Waals surface area contributed by atoms with Gasteiger partial charge in [0.1, 0.15) is 18.1 Å². The molecule has 0 aliphatic carbocycles. The highest BCUT2D eigenvalue weighted by Gasteiger charge is 2.41. The minimum atomic E-state index is -0.582. The molecule has 7 heteroatoms. The Labute approximate surface area is 139 Å². The quantitative estimate of drug-likeness (QED) is 0.757. The summed E-state index contributed by atoms with van der Waals surface area (Å²) in [6.07, 6.45) is 5.10. The lowest BCUT2D eigenvalue weighted by molar-refractivity contribution is -0.0962. The van der Waals surface area contributed by atoms with Crippen molar-refractivity contribution in [3.05, 3.63) is 48.5 Å². The third kappa shape index (κ3) is 2.51. The van der Waals surface area contributed by atoms with Crippen molar-refractivity contribution in [3.8, 4) is 0 Å². The molecule has 0 amide bonds. The van der Waals surface area contributed by atoms with E-state index >= 15 is 0 Å². The van der Waals surface area contributed by atoms with Crippen LogP contribution in [0.3, 0.4) is 0 Å². The highest BCUT2D eigenvalue weighted by molar-refractivity contribution is 5.81. The number of anilines is 1. The number of fused-ring (bicyclic) bond motifs is 1. The van der Waals surface area contributed by atoms with Gasteiger partial charge in [0.25, 0.3) is 0 Å². The molecule has 0 saturated carbocycles. The van der Waals surface area contributed by atoms with Gasteiger partial charge in [-0.15, -0.1) is 0 Å². The lowest BCUT2D eigenvalue weighted by Crippen LogP contribution is -2.35. The highest BCUT2D eigenvalue weighted by atomic mass is 16.5. The number of ether oxygens (including phenoxy) is 1. The van der Waals surface area contributed by atoms with E-state index in [2.05, 4.69) is 27.1 Å². The number of nitrogens with two attached hydrogens (primary N) is 1. The van der Waals surface area contributed by atoms with Crippen LogP contribution in [0.4, 0.5) is 5.82 Å². The first-order chi connectivity index (χ1) is 11.7. The van der Waals surface area contributed by atoms with Crippen LogP contribution in [0.25, 0.3) is 11.2 Å². The van der Waals surface area contributed by atoms with E-state index < -0.39 is 5.60 Å². The molecule has 4 rings (SSSR count). The zero-order chi connectivity index (χ0) is 16.6. The van der Waals surface area contributed by atoms with Crippen molar-refractivity contribution in [2.75, 3.05) is 12.3 Å². The van der Waals surface area contributed by atoms with Crippen LogP contribution < -0.4 is 5.73 Å². The third-order valence-electron chi connectivity index (χ3n) is 4.59. The molecule has 1 aromatic carbocycles. The number of rotatable bonds is 4. The minimum Gasteiger partial charge on any atom is -0.393 e. The molecule has 0 bridgehead atoms. The molecule has 3 heterocycles. The van der Waals surface area contributed by atoms with E-state index in [1.54, 1.807) is 6.33 Å². The summed E-state index contributed by atoms with van der Waals surface area (Å²) in [5.41, 5.74) is 7.64. The van der Waals surface area contributed by atoms with Crippen LogP contribution in [0, 0.1) is 0 Å². The summed E-state index contributed by atoms with van der Waals surface area (Å²) < 4.78 is 8.14. The van der Waals surface area contributed by atoms with Gasteiger partial charge in [0.05, 0.1) is 18.5 Å². The molecular weight excluding hydrogens is 306 g/mol. The van der Waals surface area contributed by atoms with E-state index in [-0.39, 0.29) is 12.8 Å². The Bertz CT molecular complexity index is 851. The van der Waals surface area contributed by atoms with Crippen LogP contribution in [-0.4, -0.2) is 36.8 Å². The average Bonchev–Trinajstić information content (AvgIpc) is 3.21. The maximum Gasteiger partial charge on any atom is 0.167 e. The van der Waals surface area contributed by atoms with Crippen molar-refractivity contribution in [2.24, 2.45) is 0 Å². The second-order valence-corrected chi connectivity index (χ2v) is 6.20. The Hall–Kier alpha value is -2.51. The Morgan fingerprint density at radius 2 is 2.08 bits per heavy atom. The standard InChI is InChI=1S/C17H19N5O2/c18-15-14-16(20-10-19-15)22(11-21-14)13-6-7-17(9-23,24-13)8-12-4-2-1-3-5-12/h1-5,10-11,13,23H,6-9H2,(H2,18,19,20)/t13-,17+/m0/s1. The van der Waals surface area contributed by atoms with Gasteiger partial charge in [-0.2, -0.15) is 0 Å². The van der Waals surface area contributed by atoms with Crippen molar-refractivity contribution >= 4 is 17.0 Å². The Morgan fingerprint density at radius 3 is 2.88 bits per heavy atom. The molecule has 3 N–H and O–H groups in total. The van der Waals surface area contributed by atoms with Crippen molar-refractivity contribution in [1.82, 2.24) is 19.5 Å². The van der Waals surface area contributed by atoms with Crippen LogP contribution in [0.5, 0.6) is 0 Å². The Morgan fingerprint density at radius 1 is 1.25 bits per heavy atom. The summed E-state index contributed by atoms with van der Waals surface area (Å²) in [4.78, 5) is 12.5. The zero-order valence-corrected chi connectivity index (χ0v) is 13.2. The monoisotopic (exact) mass is 325 g/mol. The summed E-state index contributed by atoms with van der Waals surface area (Å²) in [6.45, 7) is -0.0256. The van der Waals surface area contributed by atoms with E-state index in [1.807, 2.05) is 22.8 Å². The summed E-state index contributed by atoms with van der Waals surface area (Å²) in [6, 6.07) is 10.1.